The average molecular weight is 246 g/mol. The van der Waals surface area contributed by atoms with Crippen LogP contribution >= 0.6 is 0 Å². The second-order valence-electron chi connectivity index (χ2n) is 3.52. The standard InChI is InChI=1S/C11H10N4O3/c16-8(6-7-4-2-1-3-5-7)12-11-13-9(10(17)18)14-15-11/h1-5H,6H2,(H,17,18)(H2,12,13,14,15,16). The molecule has 7 heteroatoms. The minimum Gasteiger partial charge on any atom is -0.475 e. The van der Waals surface area contributed by atoms with Crippen LogP contribution in [0.4, 0.5) is 5.95 Å². The maximum absolute atomic E-state index is 11.6. The van der Waals surface area contributed by atoms with Crippen LogP contribution in [0.3, 0.4) is 0 Å². The molecule has 1 heterocycles. The first-order valence-electron chi connectivity index (χ1n) is 5.14. The molecule has 0 aliphatic heterocycles. The zero-order valence-electron chi connectivity index (χ0n) is 9.25. The maximum Gasteiger partial charge on any atom is 0.373 e. The highest BCUT2D eigenvalue weighted by atomic mass is 16.4. The highest BCUT2D eigenvalue weighted by molar-refractivity contribution is 5.91. The number of aromatic nitrogens is 3. The van der Waals surface area contributed by atoms with E-state index in [1.807, 2.05) is 30.3 Å². The summed E-state index contributed by atoms with van der Waals surface area (Å²) in [6, 6.07) is 9.16. The second kappa shape index (κ2) is 5.09. The number of hydrogen-bond donors (Lipinski definition) is 3. The first-order valence-corrected chi connectivity index (χ1v) is 5.14. The van der Waals surface area contributed by atoms with Gasteiger partial charge >= 0.3 is 5.97 Å². The van der Waals surface area contributed by atoms with E-state index in [1.165, 1.54) is 0 Å². The van der Waals surface area contributed by atoms with E-state index in [0.29, 0.717) is 0 Å². The van der Waals surface area contributed by atoms with Crippen LogP contribution in [0.1, 0.15) is 16.2 Å². The van der Waals surface area contributed by atoms with Crippen molar-refractivity contribution in [3.63, 3.8) is 0 Å². The highest BCUT2D eigenvalue weighted by Gasteiger charge is 2.11. The Balaban J connectivity index is 1.97. The van der Waals surface area contributed by atoms with Gasteiger partial charge in [0, 0.05) is 0 Å². The van der Waals surface area contributed by atoms with Gasteiger partial charge in [0.05, 0.1) is 6.42 Å². The average Bonchev–Trinajstić information content (AvgIpc) is 2.78. The van der Waals surface area contributed by atoms with Crippen molar-refractivity contribution < 1.29 is 14.7 Å². The van der Waals surface area contributed by atoms with Gasteiger partial charge in [-0.2, -0.15) is 4.98 Å². The summed E-state index contributed by atoms with van der Waals surface area (Å²) in [4.78, 5) is 25.7. The van der Waals surface area contributed by atoms with Gasteiger partial charge in [0.1, 0.15) is 0 Å². The summed E-state index contributed by atoms with van der Waals surface area (Å²) in [6.07, 6.45) is 0.178. The highest BCUT2D eigenvalue weighted by Crippen LogP contribution is 2.03. The second-order valence-corrected chi connectivity index (χ2v) is 3.52. The normalized spacial score (nSPS) is 10.0. The first-order chi connectivity index (χ1) is 8.65. The largest absolute Gasteiger partial charge is 0.475 e. The lowest BCUT2D eigenvalue weighted by atomic mass is 10.1. The number of H-pyrrole nitrogens is 1. The fourth-order valence-electron chi connectivity index (χ4n) is 1.36. The first kappa shape index (κ1) is 11.8. The van der Waals surface area contributed by atoms with Crippen molar-refractivity contribution in [3.8, 4) is 0 Å². The Morgan fingerprint density at radius 3 is 2.61 bits per heavy atom. The summed E-state index contributed by atoms with van der Waals surface area (Å²) in [5, 5.41) is 16.8. The zero-order chi connectivity index (χ0) is 13.0. The molecule has 0 fully saturated rings. The Morgan fingerprint density at radius 1 is 1.28 bits per heavy atom. The van der Waals surface area contributed by atoms with Crippen LogP contribution in [0.15, 0.2) is 30.3 Å². The summed E-state index contributed by atoms with van der Waals surface area (Å²) < 4.78 is 0. The molecular weight excluding hydrogens is 236 g/mol. The van der Waals surface area contributed by atoms with Crippen LogP contribution in [0, 0.1) is 0 Å². The Kier molecular flexibility index (Phi) is 3.33. The van der Waals surface area contributed by atoms with Crippen molar-refractivity contribution in [2.75, 3.05) is 5.32 Å². The molecule has 0 saturated carbocycles. The fraction of sp³-hybridized carbons (Fsp3) is 0.0909. The number of benzene rings is 1. The van der Waals surface area contributed by atoms with Gasteiger partial charge in [-0.25, -0.2) is 4.79 Å². The molecule has 0 atom stereocenters. The lowest BCUT2D eigenvalue weighted by Crippen LogP contribution is -2.15. The quantitative estimate of drug-likeness (QED) is 0.735. The third kappa shape index (κ3) is 2.91. The minimum atomic E-state index is -1.23. The number of anilines is 1. The van der Waals surface area contributed by atoms with Crippen LogP contribution in [-0.2, 0) is 11.2 Å². The van der Waals surface area contributed by atoms with Crippen LogP contribution in [-0.4, -0.2) is 32.2 Å². The number of aromatic carboxylic acids is 1. The van der Waals surface area contributed by atoms with E-state index in [1.54, 1.807) is 0 Å². The number of nitrogens with zero attached hydrogens (tertiary/aromatic N) is 2. The van der Waals surface area contributed by atoms with Gasteiger partial charge in [0.25, 0.3) is 0 Å². The molecule has 0 aliphatic rings. The third-order valence-electron chi connectivity index (χ3n) is 2.15. The molecular formula is C11H10N4O3. The Bertz CT molecular complexity index is 565. The number of aromatic amines is 1. The van der Waals surface area contributed by atoms with Crippen LogP contribution in [0.5, 0.6) is 0 Å². The molecule has 3 N–H and O–H groups in total. The minimum absolute atomic E-state index is 0.0478. The maximum atomic E-state index is 11.6. The van der Waals surface area contributed by atoms with Crippen molar-refractivity contribution in [2.24, 2.45) is 0 Å². The predicted octanol–water partition coefficient (Wildman–Crippen LogP) is 0.684. The molecule has 2 rings (SSSR count). The Hall–Kier alpha value is -2.70. The van der Waals surface area contributed by atoms with Crippen molar-refractivity contribution in [1.29, 1.82) is 0 Å². The zero-order valence-corrected chi connectivity index (χ0v) is 9.25. The van der Waals surface area contributed by atoms with Gasteiger partial charge in [-0.05, 0) is 5.56 Å². The van der Waals surface area contributed by atoms with Gasteiger partial charge in [0.2, 0.25) is 17.7 Å². The monoisotopic (exact) mass is 246 g/mol. The number of carbonyl (C=O) groups is 2. The molecule has 0 saturated heterocycles. The molecule has 0 radical (unpaired) electrons. The molecule has 1 amide bonds. The number of amides is 1. The third-order valence-corrected chi connectivity index (χ3v) is 2.15. The lowest BCUT2D eigenvalue weighted by molar-refractivity contribution is -0.115. The molecule has 18 heavy (non-hydrogen) atoms. The van der Waals surface area contributed by atoms with Gasteiger partial charge in [-0.3, -0.25) is 15.2 Å². The van der Waals surface area contributed by atoms with E-state index in [4.69, 9.17) is 5.11 Å². The number of hydrogen-bond acceptors (Lipinski definition) is 4. The Morgan fingerprint density at radius 2 is 2.00 bits per heavy atom. The molecule has 0 spiro atoms. The van der Waals surface area contributed by atoms with Gasteiger partial charge in [-0.15, -0.1) is 5.10 Å². The topological polar surface area (TPSA) is 108 Å². The van der Waals surface area contributed by atoms with Gasteiger partial charge in [0.15, 0.2) is 0 Å². The van der Waals surface area contributed by atoms with Crippen LogP contribution in [0.25, 0.3) is 0 Å². The smallest absolute Gasteiger partial charge is 0.373 e. The van der Waals surface area contributed by atoms with E-state index >= 15 is 0 Å². The number of nitrogens with one attached hydrogen (secondary N) is 2. The lowest BCUT2D eigenvalue weighted by Gasteiger charge is -2.00. The molecule has 1 aromatic carbocycles. The number of rotatable bonds is 4. The SMILES string of the molecule is O=C(Cc1ccccc1)Nc1n[nH]c(C(=O)O)n1. The van der Waals surface area contributed by atoms with E-state index in [0.717, 1.165) is 5.56 Å². The van der Waals surface area contributed by atoms with E-state index in [2.05, 4.69) is 20.5 Å². The van der Waals surface area contributed by atoms with E-state index in [-0.39, 0.29) is 24.1 Å². The summed E-state index contributed by atoms with van der Waals surface area (Å²) in [7, 11) is 0. The van der Waals surface area contributed by atoms with Crippen molar-refractivity contribution in [2.45, 2.75) is 6.42 Å². The summed E-state index contributed by atoms with van der Waals surface area (Å²) in [5.41, 5.74) is 0.851. The van der Waals surface area contributed by atoms with Crippen molar-refractivity contribution in [1.82, 2.24) is 15.2 Å². The van der Waals surface area contributed by atoms with E-state index < -0.39 is 5.97 Å². The van der Waals surface area contributed by atoms with Crippen molar-refractivity contribution >= 4 is 17.8 Å². The molecule has 7 nitrogen and oxygen atoms in total. The fourth-order valence-corrected chi connectivity index (χ4v) is 1.36. The molecule has 2 aromatic rings. The molecule has 0 aliphatic carbocycles. The number of carboxylic acid groups (broad SMARTS) is 1. The summed E-state index contributed by atoms with van der Waals surface area (Å²) >= 11 is 0. The summed E-state index contributed by atoms with van der Waals surface area (Å²) in [6.45, 7) is 0. The summed E-state index contributed by atoms with van der Waals surface area (Å²) in [5.74, 6) is -1.90. The molecule has 0 unspecified atom stereocenters. The molecule has 0 bridgehead atoms. The predicted molar refractivity (Wildman–Crippen MR) is 62.1 cm³/mol. The van der Waals surface area contributed by atoms with Gasteiger partial charge in [-0.1, -0.05) is 30.3 Å². The number of carbonyl (C=O) groups excluding carboxylic acids is 1. The number of carboxylic acids is 1. The van der Waals surface area contributed by atoms with Crippen LogP contribution in [0.2, 0.25) is 0 Å². The van der Waals surface area contributed by atoms with Crippen molar-refractivity contribution in [3.05, 3.63) is 41.7 Å². The molecule has 92 valence electrons. The molecule has 1 aromatic heterocycles. The van der Waals surface area contributed by atoms with Gasteiger partial charge < -0.3 is 5.11 Å². The Labute approximate surface area is 102 Å². The van der Waals surface area contributed by atoms with E-state index in [9.17, 15) is 9.59 Å². The van der Waals surface area contributed by atoms with Crippen LogP contribution < -0.4 is 5.32 Å².